The zero-order valence-corrected chi connectivity index (χ0v) is 18.0. The summed E-state index contributed by atoms with van der Waals surface area (Å²) in [6, 6.07) is 14.8. The van der Waals surface area contributed by atoms with Crippen LogP contribution < -0.4 is 14.8 Å². The summed E-state index contributed by atoms with van der Waals surface area (Å²) in [7, 11) is -1.81. The number of hydrogen-bond acceptors (Lipinski definition) is 6. The van der Waals surface area contributed by atoms with E-state index in [0.717, 1.165) is 18.6 Å². The molecule has 0 spiro atoms. The maximum absolute atomic E-state index is 12.7. The summed E-state index contributed by atoms with van der Waals surface area (Å²) in [5.74, 6) is 1.52. The average Bonchev–Trinajstić information content (AvgIpc) is 3.59. The second kappa shape index (κ2) is 8.93. The van der Waals surface area contributed by atoms with Gasteiger partial charge >= 0.3 is 0 Å². The van der Waals surface area contributed by atoms with Gasteiger partial charge in [0.25, 0.3) is 0 Å². The highest BCUT2D eigenvalue weighted by Crippen LogP contribution is 2.45. The number of benzene rings is 2. The molecule has 2 aliphatic rings. The Morgan fingerprint density at radius 3 is 2.23 bits per heavy atom. The molecule has 2 fully saturated rings. The first-order valence-corrected chi connectivity index (χ1v) is 11.7. The van der Waals surface area contributed by atoms with Gasteiger partial charge in [0, 0.05) is 25.2 Å². The summed E-state index contributed by atoms with van der Waals surface area (Å²) in [4.78, 5) is 0.284. The van der Waals surface area contributed by atoms with E-state index < -0.39 is 10.0 Å². The van der Waals surface area contributed by atoms with Crippen LogP contribution in [0.25, 0.3) is 0 Å². The van der Waals surface area contributed by atoms with Crippen LogP contribution in [0.3, 0.4) is 0 Å². The van der Waals surface area contributed by atoms with E-state index in [4.69, 9.17) is 14.2 Å². The van der Waals surface area contributed by atoms with E-state index in [-0.39, 0.29) is 10.4 Å². The zero-order valence-electron chi connectivity index (χ0n) is 17.2. The van der Waals surface area contributed by atoms with Crippen molar-refractivity contribution in [2.75, 3.05) is 46.6 Å². The monoisotopic (exact) mass is 432 g/mol. The van der Waals surface area contributed by atoms with Gasteiger partial charge in [-0.15, -0.1) is 0 Å². The molecule has 1 N–H and O–H groups in total. The molecule has 0 unspecified atom stereocenters. The molecule has 1 aliphatic heterocycles. The van der Waals surface area contributed by atoms with Crippen LogP contribution in [0.1, 0.15) is 18.4 Å². The fourth-order valence-electron chi connectivity index (χ4n) is 3.71. The van der Waals surface area contributed by atoms with Crippen molar-refractivity contribution in [1.82, 2.24) is 9.62 Å². The number of hydrogen-bond donors (Lipinski definition) is 1. The van der Waals surface area contributed by atoms with Crippen LogP contribution in [0.15, 0.2) is 53.4 Å². The number of sulfonamides is 1. The summed E-state index contributed by atoms with van der Waals surface area (Å²) in [5, 5.41) is 3.59. The highest BCUT2D eigenvalue weighted by molar-refractivity contribution is 7.89. The quantitative estimate of drug-likeness (QED) is 0.613. The van der Waals surface area contributed by atoms with Crippen molar-refractivity contribution in [1.29, 1.82) is 0 Å². The maximum Gasteiger partial charge on any atom is 0.243 e. The van der Waals surface area contributed by atoms with Gasteiger partial charge < -0.3 is 19.5 Å². The molecule has 0 atom stereocenters. The van der Waals surface area contributed by atoms with Gasteiger partial charge in [0.2, 0.25) is 10.0 Å². The highest BCUT2D eigenvalue weighted by atomic mass is 32.2. The first-order valence-electron chi connectivity index (χ1n) is 10.2. The van der Waals surface area contributed by atoms with Crippen molar-refractivity contribution in [3.05, 3.63) is 54.1 Å². The smallest absolute Gasteiger partial charge is 0.243 e. The number of nitrogens with one attached hydrogen (secondary N) is 1. The summed E-state index contributed by atoms with van der Waals surface area (Å²) in [6.07, 6.45) is 2.21. The predicted octanol–water partition coefficient (Wildman–Crippen LogP) is 2.37. The molecular formula is C22H28N2O5S. The second-order valence-corrected chi connectivity index (χ2v) is 9.51. The Morgan fingerprint density at radius 2 is 1.63 bits per heavy atom. The molecule has 1 heterocycles. The average molecular weight is 433 g/mol. The van der Waals surface area contributed by atoms with Crippen molar-refractivity contribution in [2.24, 2.45) is 0 Å². The Morgan fingerprint density at radius 1 is 1.00 bits per heavy atom. The van der Waals surface area contributed by atoms with Gasteiger partial charge in [-0.3, -0.25) is 0 Å². The van der Waals surface area contributed by atoms with Crippen LogP contribution in [0, 0.1) is 0 Å². The van der Waals surface area contributed by atoms with Crippen LogP contribution in [-0.2, 0) is 20.3 Å². The van der Waals surface area contributed by atoms with E-state index in [2.05, 4.69) is 17.4 Å². The number of rotatable bonds is 9. The number of nitrogens with zero attached hydrogens (tertiary/aromatic N) is 1. The van der Waals surface area contributed by atoms with Crippen LogP contribution in [0.5, 0.6) is 11.5 Å². The molecule has 1 saturated heterocycles. The van der Waals surface area contributed by atoms with Gasteiger partial charge in [0.05, 0.1) is 25.2 Å². The summed E-state index contributed by atoms with van der Waals surface area (Å²) in [6.45, 7) is 2.87. The molecule has 8 heteroatoms. The third kappa shape index (κ3) is 4.62. The molecule has 2 aromatic carbocycles. The van der Waals surface area contributed by atoms with E-state index in [1.807, 2.05) is 12.1 Å². The molecule has 162 valence electrons. The normalized spacial score (nSPS) is 18.7. The Bertz CT molecular complexity index is 934. The number of morpholine rings is 1. The van der Waals surface area contributed by atoms with Gasteiger partial charge in [0.1, 0.15) is 18.1 Å². The second-order valence-electron chi connectivity index (χ2n) is 7.57. The SMILES string of the molecule is COc1ccc(C2(NCCOc3ccc(S(=O)(=O)N4CCOCC4)cc3)CC2)cc1. The lowest BCUT2D eigenvalue weighted by atomic mass is 10.0. The van der Waals surface area contributed by atoms with Crippen molar-refractivity contribution in [2.45, 2.75) is 23.3 Å². The maximum atomic E-state index is 12.7. The molecule has 1 saturated carbocycles. The third-order valence-electron chi connectivity index (χ3n) is 5.66. The third-order valence-corrected chi connectivity index (χ3v) is 7.57. The topological polar surface area (TPSA) is 77.1 Å². The standard InChI is InChI=1S/C22H28N2O5S/c1-27-19-4-2-18(3-5-19)22(10-11-22)23-12-15-29-20-6-8-21(9-7-20)30(25,26)24-13-16-28-17-14-24/h2-9,23H,10-17H2,1H3. The lowest BCUT2D eigenvalue weighted by molar-refractivity contribution is 0.0730. The summed E-state index contributed by atoms with van der Waals surface area (Å²) >= 11 is 0. The van der Waals surface area contributed by atoms with Crippen LogP contribution in [0.2, 0.25) is 0 Å². The Labute approximate surface area is 178 Å². The summed E-state index contributed by atoms with van der Waals surface area (Å²) < 4.78 is 43.1. The molecule has 1 aliphatic carbocycles. The molecular weight excluding hydrogens is 404 g/mol. The predicted molar refractivity (Wildman–Crippen MR) is 113 cm³/mol. The van der Waals surface area contributed by atoms with Crippen LogP contribution in [-0.4, -0.2) is 59.3 Å². The Balaban J connectivity index is 1.27. The Hall–Kier alpha value is -2.13. The molecule has 0 bridgehead atoms. The van der Waals surface area contributed by atoms with Gasteiger partial charge in [0.15, 0.2) is 0 Å². The minimum Gasteiger partial charge on any atom is -0.497 e. The molecule has 0 aromatic heterocycles. The van der Waals surface area contributed by atoms with Crippen molar-refractivity contribution >= 4 is 10.0 Å². The largest absolute Gasteiger partial charge is 0.497 e. The summed E-state index contributed by atoms with van der Waals surface area (Å²) in [5.41, 5.74) is 1.30. The molecule has 7 nitrogen and oxygen atoms in total. The van der Waals surface area contributed by atoms with Crippen molar-refractivity contribution < 1.29 is 22.6 Å². The molecule has 4 rings (SSSR count). The first-order chi connectivity index (χ1) is 14.5. The van der Waals surface area contributed by atoms with E-state index >= 15 is 0 Å². The lowest BCUT2D eigenvalue weighted by Crippen LogP contribution is -2.40. The number of methoxy groups -OCH3 is 1. The van der Waals surface area contributed by atoms with Crippen molar-refractivity contribution in [3.63, 3.8) is 0 Å². The van der Waals surface area contributed by atoms with Crippen LogP contribution in [0.4, 0.5) is 0 Å². The van der Waals surface area contributed by atoms with Gasteiger partial charge in [-0.05, 0) is 54.8 Å². The lowest BCUT2D eigenvalue weighted by Gasteiger charge is -2.26. The number of ether oxygens (including phenoxy) is 3. The first kappa shape index (κ1) is 21.1. The van der Waals surface area contributed by atoms with E-state index in [1.165, 1.54) is 9.87 Å². The van der Waals surface area contributed by atoms with Crippen LogP contribution >= 0.6 is 0 Å². The zero-order chi connectivity index (χ0) is 21.0. The Kier molecular flexibility index (Phi) is 6.29. The van der Waals surface area contributed by atoms with Gasteiger partial charge in [-0.1, -0.05) is 12.1 Å². The van der Waals surface area contributed by atoms with Gasteiger partial charge in [-0.25, -0.2) is 8.42 Å². The highest BCUT2D eigenvalue weighted by Gasteiger charge is 2.43. The fraction of sp³-hybridized carbons (Fsp3) is 0.455. The fourth-order valence-corrected chi connectivity index (χ4v) is 5.11. The van der Waals surface area contributed by atoms with E-state index in [0.29, 0.717) is 45.2 Å². The minimum absolute atomic E-state index is 0.0335. The van der Waals surface area contributed by atoms with E-state index in [1.54, 1.807) is 31.4 Å². The molecule has 0 radical (unpaired) electrons. The van der Waals surface area contributed by atoms with Crippen molar-refractivity contribution in [3.8, 4) is 11.5 Å². The molecule has 0 amide bonds. The molecule has 2 aromatic rings. The minimum atomic E-state index is -3.47. The van der Waals surface area contributed by atoms with E-state index in [9.17, 15) is 8.42 Å². The van der Waals surface area contributed by atoms with Gasteiger partial charge in [-0.2, -0.15) is 4.31 Å². The molecule has 30 heavy (non-hydrogen) atoms.